The Labute approximate surface area is 115 Å². The zero-order valence-electron chi connectivity index (χ0n) is 11.7. The Kier molecular flexibility index (Phi) is 4.80. The molecule has 2 rings (SSSR count). The summed E-state index contributed by atoms with van der Waals surface area (Å²) in [6.07, 6.45) is 3.60. The molecule has 2 aromatic rings. The summed E-state index contributed by atoms with van der Waals surface area (Å²) in [6.45, 7) is 4.38. The lowest BCUT2D eigenvalue weighted by Crippen LogP contribution is -2.11. The molecule has 1 heterocycles. The number of rotatable bonds is 6. The highest BCUT2D eigenvalue weighted by molar-refractivity contribution is 5.25. The van der Waals surface area contributed by atoms with Gasteiger partial charge in [0.05, 0.1) is 12.4 Å². The molecule has 0 aliphatic rings. The lowest BCUT2D eigenvalue weighted by Gasteiger charge is -2.11. The maximum absolute atomic E-state index is 10.0. The molecule has 0 aliphatic carbocycles. The molecule has 0 bridgehead atoms. The number of hydrogen-bond donors (Lipinski definition) is 1. The zero-order chi connectivity index (χ0) is 13.7. The molecule has 2 heteroatoms. The molecule has 0 fully saturated rings. The van der Waals surface area contributed by atoms with E-state index in [2.05, 4.69) is 38.1 Å². The van der Waals surface area contributed by atoms with E-state index in [0.717, 1.165) is 18.6 Å². The Balaban J connectivity index is 1.82. The lowest BCUT2D eigenvalue weighted by molar-refractivity contribution is 0.163. The second-order valence-electron chi connectivity index (χ2n) is 5.37. The average Bonchev–Trinajstić information content (AvgIpc) is 2.90. The molecular formula is C17H22O2. The quantitative estimate of drug-likeness (QED) is 0.851. The number of aliphatic hydroxyl groups excluding tert-OH is 1. The third-order valence-corrected chi connectivity index (χ3v) is 3.42. The molecule has 1 aromatic heterocycles. The highest BCUT2D eigenvalue weighted by atomic mass is 16.3. The first-order valence-corrected chi connectivity index (χ1v) is 6.94. The number of benzene rings is 1. The third kappa shape index (κ3) is 4.25. The molecule has 19 heavy (non-hydrogen) atoms. The molecule has 0 amide bonds. The molecule has 1 atom stereocenters. The van der Waals surface area contributed by atoms with Crippen molar-refractivity contribution in [2.45, 2.75) is 45.1 Å². The molecule has 0 spiro atoms. The summed E-state index contributed by atoms with van der Waals surface area (Å²) in [6, 6.07) is 12.4. The lowest BCUT2D eigenvalue weighted by atomic mass is 9.98. The van der Waals surface area contributed by atoms with Gasteiger partial charge in [0.15, 0.2) is 0 Å². The summed E-state index contributed by atoms with van der Waals surface area (Å²) >= 11 is 0. The number of furan rings is 1. The first-order chi connectivity index (χ1) is 9.15. The summed E-state index contributed by atoms with van der Waals surface area (Å²) in [5, 5.41) is 10.0. The molecule has 1 aromatic carbocycles. The van der Waals surface area contributed by atoms with Gasteiger partial charge in [-0.05, 0) is 42.0 Å². The topological polar surface area (TPSA) is 33.4 Å². The first-order valence-electron chi connectivity index (χ1n) is 6.94. The van der Waals surface area contributed by atoms with Crippen molar-refractivity contribution in [2.24, 2.45) is 0 Å². The van der Waals surface area contributed by atoms with Crippen molar-refractivity contribution < 1.29 is 9.52 Å². The minimum atomic E-state index is -0.310. The van der Waals surface area contributed by atoms with Crippen LogP contribution in [0.1, 0.15) is 43.1 Å². The zero-order valence-corrected chi connectivity index (χ0v) is 11.7. The summed E-state index contributed by atoms with van der Waals surface area (Å²) < 4.78 is 5.27. The Morgan fingerprint density at radius 1 is 1.11 bits per heavy atom. The fraction of sp³-hybridized carbons (Fsp3) is 0.412. The molecule has 0 radical (unpaired) electrons. The van der Waals surface area contributed by atoms with E-state index in [4.69, 9.17) is 4.42 Å². The first kappa shape index (κ1) is 13.9. The van der Waals surface area contributed by atoms with Crippen molar-refractivity contribution in [1.82, 2.24) is 0 Å². The van der Waals surface area contributed by atoms with Gasteiger partial charge in [0, 0.05) is 6.42 Å². The van der Waals surface area contributed by atoms with Gasteiger partial charge in [-0.3, -0.25) is 0 Å². The van der Waals surface area contributed by atoms with Gasteiger partial charge in [0.2, 0.25) is 0 Å². The van der Waals surface area contributed by atoms with Crippen LogP contribution in [0.4, 0.5) is 0 Å². The van der Waals surface area contributed by atoms with E-state index in [1.165, 1.54) is 11.1 Å². The fourth-order valence-corrected chi connectivity index (χ4v) is 2.18. The van der Waals surface area contributed by atoms with Gasteiger partial charge >= 0.3 is 0 Å². The molecule has 102 valence electrons. The van der Waals surface area contributed by atoms with Gasteiger partial charge < -0.3 is 9.52 Å². The van der Waals surface area contributed by atoms with Gasteiger partial charge in [0.1, 0.15) is 5.76 Å². The van der Waals surface area contributed by atoms with E-state index in [1.807, 2.05) is 12.1 Å². The van der Waals surface area contributed by atoms with Gasteiger partial charge in [-0.2, -0.15) is 0 Å². The number of aryl methyl sites for hydroxylation is 1. The Morgan fingerprint density at radius 2 is 1.84 bits per heavy atom. The summed E-state index contributed by atoms with van der Waals surface area (Å²) in [5.74, 6) is 1.49. The van der Waals surface area contributed by atoms with Crippen LogP contribution < -0.4 is 0 Å². The van der Waals surface area contributed by atoms with Crippen LogP contribution in [-0.4, -0.2) is 11.2 Å². The van der Waals surface area contributed by atoms with Crippen LogP contribution in [0.3, 0.4) is 0 Å². The maximum Gasteiger partial charge on any atom is 0.103 e. The highest BCUT2D eigenvalue weighted by Crippen LogP contribution is 2.16. The number of hydrogen-bond acceptors (Lipinski definition) is 2. The standard InChI is InChI=1S/C17H22O2/c1-13(2)15-7-5-14(6-8-15)12-16(18)9-10-17-4-3-11-19-17/h3-8,11,13,16,18H,9-10,12H2,1-2H3. The van der Waals surface area contributed by atoms with Crippen LogP contribution in [0.5, 0.6) is 0 Å². The van der Waals surface area contributed by atoms with Crippen molar-refractivity contribution in [3.8, 4) is 0 Å². The molecular weight excluding hydrogens is 236 g/mol. The monoisotopic (exact) mass is 258 g/mol. The average molecular weight is 258 g/mol. The third-order valence-electron chi connectivity index (χ3n) is 3.42. The molecule has 2 nitrogen and oxygen atoms in total. The van der Waals surface area contributed by atoms with Crippen molar-refractivity contribution in [3.05, 3.63) is 59.5 Å². The normalized spacial score (nSPS) is 12.8. The molecule has 0 aliphatic heterocycles. The van der Waals surface area contributed by atoms with Crippen LogP contribution in [0.15, 0.2) is 47.1 Å². The second-order valence-corrected chi connectivity index (χ2v) is 5.37. The fourth-order valence-electron chi connectivity index (χ4n) is 2.18. The summed E-state index contributed by atoms with van der Waals surface area (Å²) in [7, 11) is 0. The molecule has 0 saturated carbocycles. The maximum atomic E-state index is 10.0. The van der Waals surface area contributed by atoms with E-state index < -0.39 is 0 Å². The SMILES string of the molecule is CC(C)c1ccc(CC(O)CCc2ccco2)cc1. The molecule has 0 saturated heterocycles. The van der Waals surface area contributed by atoms with Crippen LogP contribution in [-0.2, 0) is 12.8 Å². The molecule has 1 N–H and O–H groups in total. The predicted octanol–water partition coefficient (Wildman–Crippen LogP) is 3.94. The Bertz CT molecular complexity index is 468. The number of aliphatic hydroxyl groups is 1. The van der Waals surface area contributed by atoms with Crippen molar-refractivity contribution in [1.29, 1.82) is 0 Å². The Morgan fingerprint density at radius 3 is 2.42 bits per heavy atom. The largest absolute Gasteiger partial charge is 0.469 e. The minimum Gasteiger partial charge on any atom is -0.469 e. The molecule has 1 unspecified atom stereocenters. The van der Waals surface area contributed by atoms with Gasteiger partial charge in [-0.25, -0.2) is 0 Å². The van der Waals surface area contributed by atoms with Crippen LogP contribution in [0.2, 0.25) is 0 Å². The Hall–Kier alpha value is -1.54. The van der Waals surface area contributed by atoms with Crippen molar-refractivity contribution in [2.75, 3.05) is 0 Å². The van der Waals surface area contributed by atoms with Crippen molar-refractivity contribution >= 4 is 0 Å². The van der Waals surface area contributed by atoms with E-state index in [9.17, 15) is 5.11 Å². The smallest absolute Gasteiger partial charge is 0.103 e. The van der Waals surface area contributed by atoms with Crippen LogP contribution in [0.25, 0.3) is 0 Å². The minimum absolute atomic E-state index is 0.310. The second kappa shape index (κ2) is 6.58. The van der Waals surface area contributed by atoms with E-state index in [0.29, 0.717) is 12.3 Å². The van der Waals surface area contributed by atoms with Gasteiger partial charge in [0.25, 0.3) is 0 Å². The van der Waals surface area contributed by atoms with E-state index in [1.54, 1.807) is 6.26 Å². The van der Waals surface area contributed by atoms with E-state index in [-0.39, 0.29) is 6.10 Å². The van der Waals surface area contributed by atoms with Crippen LogP contribution in [0, 0.1) is 0 Å². The summed E-state index contributed by atoms with van der Waals surface area (Å²) in [4.78, 5) is 0. The van der Waals surface area contributed by atoms with Gasteiger partial charge in [-0.1, -0.05) is 38.1 Å². The highest BCUT2D eigenvalue weighted by Gasteiger charge is 2.08. The van der Waals surface area contributed by atoms with E-state index >= 15 is 0 Å². The summed E-state index contributed by atoms with van der Waals surface area (Å²) in [5.41, 5.74) is 2.53. The van der Waals surface area contributed by atoms with Gasteiger partial charge in [-0.15, -0.1) is 0 Å². The van der Waals surface area contributed by atoms with Crippen molar-refractivity contribution in [3.63, 3.8) is 0 Å². The predicted molar refractivity (Wildman–Crippen MR) is 77.3 cm³/mol. The van der Waals surface area contributed by atoms with Crippen LogP contribution >= 0.6 is 0 Å².